The molecule has 146 valence electrons. The van der Waals surface area contributed by atoms with E-state index in [4.69, 9.17) is 4.74 Å². The summed E-state index contributed by atoms with van der Waals surface area (Å²) in [6.45, 7) is 5.51. The van der Waals surface area contributed by atoms with Crippen LogP contribution in [-0.2, 0) is 4.79 Å². The molecule has 2 aromatic carbocycles. The molecule has 28 heavy (non-hydrogen) atoms. The van der Waals surface area contributed by atoms with Gasteiger partial charge in [0.05, 0.1) is 11.3 Å². The number of halogens is 1. The van der Waals surface area contributed by atoms with E-state index in [0.29, 0.717) is 5.88 Å². The Kier molecular flexibility index (Phi) is 5.89. The summed E-state index contributed by atoms with van der Waals surface area (Å²) in [6.07, 6.45) is 2.02. The van der Waals surface area contributed by atoms with Gasteiger partial charge in [0.2, 0.25) is 5.88 Å². The smallest absolute Gasteiger partial charge is 0.241 e. The minimum atomic E-state index is -0.490. The van der Waals surface area contributed by atoms with Gasteiger partial charge in [0, 0.05) is 15.9 Å². The lowest BCUT2D eigenvalue weighted by Gasteiger charge is -2.16. The van der Waals surface area contributed by atoms with E-state index < -0.39 is 5.41 Å². The van der Waals surface area contributed by atoms with Crippen LogP contribution in [0.4, 0.5) is 4.39 Å². The highest BCUT2D eigenvalue weighted by Gasteiger charge is 2.24. The average molecular weight is 399 g/mol. The summed E-state index contributed by atoms with van der Waals surface area (Å²) in [5.74, 6) is 0.0396. The number of hydrogen-bond acceptors (Lipinski definition) is 4. The van der Waals surface area contributed by atoms with E-state index in [1.54, 1.807) is 23.9 Å². The first-order valence-corrected chi connectivity index (χ1v) is 10.2. The van der Waals surface area contributed by atoms with E-state index in [1.165, 1.54) is 12.1 Å². The number of aromatic nitrogens is 2. The predicted molar refractivity (Wildman–Crippen MR) is 111 cm³/mol. The SMILES string of the molecule is CSc1ccc(-c2c(OCC(=O)C(C)(C)C)n[nH]c2-c2ccc(F)cc2)cc1. The Morgan fingerprint density at radius 2 is 1.68 bits per heavy atom. The van der Waals surface area contributed by atoms with Crippen molar-refractivity contribution in [3.8, 4) is 28.3 Å². The topological polar surface area (TPSA) is 55.0 Å². The van der Waals surface area contributed by atoms with Crippen molar-refractivity contribution in [2.24, 2.45) is 5.41 Å². The molecule has 1 aromatic heterocycles. The first-order valence-electron chi connectivity index (χ1n) is 8.94. The molecule has 0 fully saturated rings. The molecule has 0 atom stereocenters. The molecule has 0 saturated heterocycles. The van der Waals surface area contributed by atoms with Gasteiger partial charge in [-0.25, -0.2) is 4.39 Å². The van der Waals surface area contributed by atoms with Gasteiger partial charge in [-0.15, -0.1) is 16.9 Å². The second-order valence-electron chi connectivity index (χ2n) is 7.48. The molecule has 0 aliphatic heterocycles. The van der Waals surface area contributed by atoms with Crippen molar-refractivity contribution < 1.29 is 13.9 Å². The molecule has 0 aliphatic carbocycles. The van der Waals surface area contributed by atoms with E-state index in [0.717, 1.165) is 27.3 Å². The second kappa shape index (κ2) is 8.19. The van der Waals surface area contributed by atoms with Gasteiger partial charge in [-0.1, -0.05) is 32.9 Å². The lowest BCUT2D eigenvalue weighted by Crippen LogP contribution is -2.26. The van der Waals surface area contributed by atoms with Crippen molar-refractivity contribution in [3.63, 3.8) is 0 Å². The van der Waals surface area contributed by atoms with Crippen molar-refractivity contribution >= 4 is 17.5 Å². The molecule has 0 unspecified atom stereocenters. The molecule has 0 aliphatic rings. The normalized spacial score (nSPS) is 11.5. The molecule has 1 N–H and O–H groups in total. The number of ketones is 1. The second-order valence-corrected chi connectivity index (χ2v) is 8.36. The fourth-order valence-corrected chi connectivity index (χ4v) is 3.04. The third-order valence-electron chi connectivity index (χ3n) is 4.42. The molecule has 0 spiro atoms. The number of H-pyrrole nitrogens is 1. The van der Waals surface area contributed by atoms with Crippen LogP contribution in [-0.4, -0.2) is 28.8 Å². The Bertz CT molecular complexity index is 958. The molecule has 4 nitrogen and oxygen atoms in total. The average Bonchev–Trinajstić information content (AvgIpc) is 3.09. The summed E-state index contributed by atoms with van der Waals surface area (Å²) in [5.41, 5.74) is 2.67. The third kappa shape index (κ3) is 4.44. The lowest BCUT2D eigenvalue weighted by atomic mass is 9.91. The van der Waals surface area contributed by atoms with Crippen LogP contribution in [0.25, 0.3) is 22.4 Å². The molecule has 1 heterocycles. The van der Waals surface area contributed by atoms with Crippen LogP contribution in [0.2, 0.25) is 0 Å². The maximum atomic E-state index is 13.3. The first-order chi connectivity index (χ1) is 13.3. The molecule has 0 radical (unpaired) electrons. The van der Waals surface area contributed by atoms with Crippen LogP contribution in [0.3, 0.4) is 0 Å². The number of Topliss-reactive ketones (excluding diaryl/α,β-unsaturated/α-hetero) is 1. The molecule has 0 amide bonds. The predicted octanol–water partition coefficient (Wildman–Crippen LogP) is 5.60. The molecule has 0 bridgehead atoms. The highest BCUT2D eigenvalue weighted by atomic mass is 32.2. The monoisotopic (exact) mass is 398 g/mol. The Hall–Kier alpha value is -2.60. The Morgan fingerprint density at radius 1 is 1.07 bits per heavy atom. The number of carbonyl (C=O) groups excluding carboxylic acids is 1. The molecule has 0 saturated carbocycles. The van der Waals surface area contributed by atoms with Crippen LogP contribution in [0.15, 0.2) is 53.4 Å². The van der Waals surface area contributed by atoms with Crippen molar-refractivity contribution in [1.29, 1.82) is 0 Å². The number of rotatable bonds is 6. The Balaban J connectivity index is 2.02. The van der Waals surface area contributed by atoms with Gasteiger partial charge < -0.3 is 4.74 Å². The number of carbonyl (C=O) groups is 1. The molecular formula is C22H23FN2O2S. The number of benzene rings is 2. The Morgan fingerprint density at radius 3 is 2.25 bits per heavy atom. The van der Waals surface area contributed by atoms with Crippen molar-refractivity contribution in [2.45, 2.75) is 25.7 Å². The lowest BCUT2D eigenvalue weighted by molar-refractivity contribution is -0.128. The number of thioether (sulfide) groups is 1. The summed E-state index contributed by atoms with van der Waals surface area (Å²) in [7, 11) is 0. The summed E-state index contributed by atoms with van der Waals surface area (Å²) in [6, 6.07) is 14.2. The van der Waals surface area contributed by atoms with Gasteiger partial charge in [0.25, 0.3) is 0 Å². The Labute approximate surface area is 168 Å². The highest BCUT2D eigenvalue weighted by molar-refractivity contribution is 7.98. The van der Waals surface area contributed by atoms with Crippen LogP contribution in [0, 0.1) is 11.2 Å². The number of aromatic amines is 1. The van der Waals surface area contributed by atoms with Gasteiger partial charge in [0.15, 0.2) is 5.78 Å². The number of hydrogen-bond donors (Lipinski definition) is 1. The van der Waals surface area contributed by atoms with Crippen LogP contribution >= 0.6 is 11.8 Å². The van der Waals surface area contributed by atoms with Gasteiger partial charge in [-0.3, -0.25) is 9.89 Å². The highest BCUT2D eigenvalue weighted by Crippen LogP contribution is 2.38. The third-order valence-corrected chi connectivity index (χ3v) is 5.16. The fraction of sp³-hybridized carbons (Fsp3) is 0.273. The van der Waals surface area contributed by atoms with Gasteiger partial charge >= 0.3 is 0 Å². The fourth-order valence-electron chi connectivity index (χ4n) is 2.63. The van der Waals surface area contributed by atoms with E-state index in [-0.39, 0.29) is 18.2 Å². The summed E-state index contributed by atoms with van der Waals surface area (Å²) in [4.78, 5) is 13.4. The zero-order valence-electron chi connectivity index (χ0n) is 16.4. The molecule has 3 rings (SSSR count). The standard InChI is InChI=1S/C22H23FN2O2S/c1-22(2,3)18(26)13-27-21-19(14-7-11-17(28-4)12-8-14)20(24-25-21)15-5-9-16(23)10-6-15/h5-12H,13H2,1-4H3,(H,24,25). The maximum Gasteiger partial charge on any atom is 0.241 e. The molecule has 3 aromatic rings. The number of nitrogens with one attached hydrogen (secondary N) is 1. The van der Waals surface area contributed by atoms with Crippen molar-refractivity contribution in [1.82, 2.24) is 10.2 Å². The van der Waals surface area contributed by atoms with Gasteiger partial charge in [-0.05, 0) is 48.2 Å². The largest absolute Gasteiger partial charge is 0.468 e. The first kappa shape index (κ1) is 20.1. The number of nitrogens with zero attached hydrogens (tertiary/aromatic N) is 1. The number of ether oxygens (including phenoxy) is 1. The van der Waals surface area contributed by atoms with Crippen molar-refractivity contribution in [2.75, 3.05) is 12.9 Å². The molecular weight excluding hydrogens is 375 g/mol. The summed E-state index contributed by atoms with van der Waals surface area (Å²) >= 11 is 1.66. The van der Waals surface area contributed by atoms with Crippen LogP contribution < -0.4 is 4.74 Å². The minimum absolute atomic E-state index is 0.0116. The minimum Gasteiger partial charge on any atom is -0.468 e. The zero-order valence-corrected chi connectivity index (χ0v) is 17.2. The molecule has 6 heteroatoms. The summed E-state index contributed by atoms with van der Waals surface area (Å²) < 4.78 is 19.1. The van der Waals surface area contributed by atoms with Crippen molar-refractivity contribution in [3.05, 3.63) is 54.3 Å². The van der Waals surface area contributed by atoms with E-state index in [1.807, 2.05) is 51.3 Å². The maximum absolute atomic E-state index is 13.3. The quantitative estimate of drug-likeness (QED) is 0.549. The van der Waals surface area contributed by atoms with Crippen LogP contribution in [0.1, 0.15) is 20.8 Å². The zero-order chi connectivity index (χ0) is 20.3. The van der Waals surface area contributed by atoms with E-state index in [2.05, 4.69) is 10.2 Å². The van der Waals surface area contributed by atoms with E-state index >= 15 is 0 Å². The van der Waals surface area contributed by atoms with E-state index in [9.17, 15) is 9.18 Å². The van der Waals surface area contributed by atoms with Crippen LogP contribution in [0.5, 0.6) is 5.88 Å². The van der Waals surface area contributed by atoms with Gasteiger partial charge in [0.1, 0.15) is 12.4 Å². The summed E-state index contributed by atoms with van der Waals surface area (Å²) in [5, 5.41) is 7.28. The van der Waals surface area contributed by atoms with Gasteiger partial charge in [-0.2, -0.15) is 0 Å².